The molecule has 2 aliphatic rings. The number of thioether (sulfide) groups is 1. The van der Waals surface area contributed by atoms with Crippen LogP contribution >= 0.6 is 23.7 Å². The van der Waals surface area contributed by atoms with Crippen molar-refractivity contribution >= 4 is 41.5 Å². The fraction of sp³-hybridized carbons (Fsp3) is 0.455. The van der Waals surface area contributed by atoms with Gasteiger partial charge in [0, 0.05) is 18.9 Å². The van der Waals surface area contributed by atoms with Crippen LogP contribution in [0.3, 0.4) is 0 Å². The summed E-state index contributed by atoms with van der Waals surface area (Å²) in [5.41, 5.74) is -1.93. The average molecular weight is 313 g/mol. The van der Waals surface area contributed by atoms with Crippen LogP contribution < -0.4 is 0 Å². The molecule has 0 radical (unpaired) electrons. The van der Waals surface area contributed by atoms with Crippen LogP contribution in [0.2, 0.25) is 0 Å². The van der Waals surface area contributed by atoms with Gasteiger partial charge in [0.1, 0.15) is 11.1 Å². The van der Waals surface area contributed by atoms with E-state index < -0.39 is 28.7 Å². The molecule has 0 bridgehead atoms. The zero-order valence-electron chi connectivity index (χ0n) is 10.5. The molecule has 0 aliphatic carbocycles. The summed E-state index contributed by atoms with van der Waals surface area (Å²) in [6, 6.07) is 1.83. The number of amides is 2. The van der Waals surface area contributed by atoms with Crippen molar-refractivity contribution in [1.82, 2.24) is 9.21 Å². The molecule has 9 heteroatoms. The lowest BCUT2D eigenvalue weighted by atomic mass is 9.87. The van der Waals surface area contributed by atoms with E-state index in [0.29, 0.717) is 5.75 Å². The molecular formula is C11H11N3O4S2. The molecule has 0 aromatic rings. The maximum Gasteiger partial charge on any atom is 0.343 e. The average Bonchev–Trinajstić information content (AvgIpc) is 2.41. The third kappa shape index (κ3) is 1.87. The second-order valence-electron chi connectivity index (χ2n) is 4.10. The van der Waals surface area contributed by atoms with Crippen LogP contribution in [0.4, 0.5) is 0 Å². The highest BCUT2D eigenvalue weighted by molar-refractivity contribution is 8.00. The predicted octanol–water partition coefficient (Wildman–Crippen LogP) is 0.259. The van der Waals surface area contributed by atoms with Crippen LogP contribution in [-0.2, 0) is 14.4 Å². The molecule has 0 aromatic carbocycles. The zero-order chi connectivity index (χ0) is 14.9. The minimum Gasteiger partial charge on any atom is -0.479 e. The van der Waals surface area contributed by atoms with Crippen LogP contribution in [0.5, 0.6) is 0 Å². The van der Waals surface area contributed by atoms with E-state index >= 15 is 0 Å². The highest BCUT2D eigenvalue weighted by Crippen LogP contribution is 2.47. The molecule has 1 unspecified atom stereocenters. The van der Waals surface area contributed by atoms with Gasteiger partial charge in [-0.05, 0) is 11.9 Å². The molecule has 2 amide bonds. The van der Waals surface area contributed by atoms with Gasteiger partial charge in [-0.25, -0.2) is 4.79 Å². The van der Waals surface area contributed by atoms with E-state index in [4.69, 9.17) is 5.26 Å². The Kier molecular flexibility index (Phi) is 3.96. The minimum absolute atomic E-state index is 0.102. The molecule has 0 spiro atoms. The molecule has 0 aromatic heterocycles. The van der Waals surface area contributed by atoms with Gasteiger partial charge in [-0.2, -0.15) is 5.26 Å². The van der Waals surface area contributed by atoms with Gasteiger partial charge in [0.25, 0.3) is 11.4 Å². The number of aliphatic carboxylic acids is 1. The highest BCUT2D eigenvalue weighted by atomic mass is 32.2. The lowest BCUT2D eigenvalue weighted by Gasteiger charge is -2.55. The van der Waals surface area contributed by atoms with Gasteiger partial charge >= 0.3 is 5.97 Å². The van der Waals surface area contributed by atoms with Gasteiger partial charge in [-0.15, -0.1) is 11.8 Å². The Bertz CT molecular complexity index is 544. The first-order chi connectivity index (χ1) is 9.47. The number of carboxylic acids is 1. The van der Waals surface area contributed by atoms with E-state index in [0.717, 1.165) is 16.3 Å². The lowest BCUT2D eigenvalue weighted by Crippen LogP contribution is -2.80. The summed E-state index contributed by atoms with van der Waals surface area (Å²) >= 11 is 2.04. The quantitative estimate of drug-likeness (QED) is 0.451. The van der Waals surface area contributed by atoms with E-state index in [1.807, 2.05) is 6.07 Å². The molecule has 0 saturated carbocycles. The Balaban J connectivity index is 2.42. The lowest BCUT2D eigenvalue weighted by molar-refractivity contribution is -0.176. The van der Waals surface area contributed by atoms with Crippen LogP contribution in [0.25, 0.3) is 0 Å². The summed E-state index contributed by atoms with van der Waals surface area (Å²) in [6.07, 6.45) is 3.29. The maximum atomic E-state index is 12.3. The Hall–Kier alpha value is -1.66. The van der Waals surface area contributed by atoms with Crippen molar-refractivity contribution in [2.75, 3.05) is 11.5 Å². The Morgan fingerprint density at radius 1 is 1.75 bits per heavy atom. The Morgan fingerprint density at radius 3 is 3.00 bits per heavy atom. The maximum absolute atomic E-state index is 12.3. The first-order valence-electron chi connectivity index (χ1n) is 5.63. The van der Waals surface area contributed by atoms with Crippen LogP contribution in [0, 0.1) is 11.3 Å². The van der Waals surface area contributed by atoms with E-state index in [-0.39, 0.29) is 5.75 Å². The number of carbonyl (C=O) groups is 3. The number of fused-ring (bicyclic) bond motifs is 1. The SMILES string of the molecule is CC(=O)N(SCC#N)C1(C(=O)O)C(=O)N2C=CCS[C@H]21. The fourth-order valence-corrected chi connectivity index (χ4v) is 4.35. The summed E-state index contributed by atoms with van der Waals surface area (Å²) in [5, 5.41) is 17.5. The number of nitriles is 1. The van der Waals surface area contributed by atoms with E-state index in [1.54, 1.807) is 6.08 Å². The van der Waals surface area contributed by atoms with Crippen LogP contribution in [-0.4, -0.2) is 54.5 Å². The second-order valence-corrected chi connectivity index (χ2v) is 6.12. The number of carboxylic acid groups (broad SMARTS) is 1. The smallest absolute Gasteiger partial charge is 0.343 e. The summed E-state index contributed by atoms with van der Waals surface area (Å²) in [7, 11) is 0. The van der Waals surface area contributed by atoms with Crippen LogP contribution in [0.1, 0.15) is 6.92 Å². The Morgan fingerprint density at radius 2 is 2.45 bits per heavy atom. The van der Waals surface area contributed by atoms with Crippen molar-refractivity contribution in [3.05, 3.63) is 12.3 Å². The van der Waals surface area contributed by atoms with Crippen LogP contribution in [0.15, 0.2) is 12.3 Å². The standard InChI is InChI=1S/C11H11N3O4S2/c1-7(15)14(20-6-3-12)11(10(17)18)8(16)13-4-2-5-19-9(11)13/h2,4,9H,5-6H2,1H3,(H,17,18)/t9-,11?/m0/s1. The van der Waals surface area contributed by atoms with Gasteiger partial charge in [-0.1, -0.05) is 6.08 Å². The second kappa shape index (κ2) is 5.38. The van der Waals surface area contributed by atoms with Gasteiger partial charge in [0.15, 0.2) is 0 Å². The third-order valence-electron chi connectivity index (χ3n) is 2.98. The number of β-lactam (4-membered cyclic amide) rings is 1. The first-order valence-corrected chi connectivity index (χ1v) is 7.62. The van der Waals surface area contributed by atoms with Crippen molar-refractivity contribution in [1.29, 1.82) is 5.26 Å². The molecule has 2 aliphatic heterocycles. The fourth-order valence-electron chi connectivity index (χ4n) is 2.20. The summed E-state index contributed by atoms with van der Waals surface area (Å²) in [6.45, 7) is 1.19. The van der Waals surface area contributed by atoms with Crippen molar-refractivity contribution < 1.29 is 19.5 Å². The molecule has 106 valence electrons. The van der Waals surface area contributed by atoms with Gasteiger partial charge < -0.3 is 10.0 Å². The largest absolute Gasteiger partial charge is 0.479 e. The van der Waals surface area contributed by atoms with Crippen molar-refractivity contribution in [3.8, 4) is 6.07 Å². The number of rotatable bonds is 4. The third-order valence-corrected chi connectivity index (χ3v) is 5.31. The minimum atomic E-state index is -1.93. The van der Waals surface area contributed by atoms with Crippen molar-refractivity contribution in [2.24, 2.45) is 0 Å². The first kappa shape index (κ1) is 14.7. The number of hydrogen-bond donors (Lipinski definition) is 1. The van der Waals surface area contributed by atoms with E-state index in [1.165, 1.54) is 29.8 Å². The molecule has 7 nitrogen and oxygen atoms in total. The van der Waals surface area contributed by atoms with Crippen molar-refractivity contribution in [2.45, 2.75) is 17.8 Å². The predicted molar refractivity (Wildman–Crippen MR) is 73.2 cm³/mol. The monoisotopic (exact) mass is 313 g/mol. The molecule has 20 heavy (non-hydrogen) atoms. The molecule has 2 heterocycles. The topological polar surface area (TPSA) is 102 Å². The number of nitrogens with zero attached hydrogens (tertiary/aromatic N) is 3. The number of carbonyl (C=O) groups excluding carboxylic acids is 2. The summed E-state index contributed by atoms with van der Waals surface area (Å²) in [4.78, 5) is 37.0. The summed E-state index contributed by atoms with van der Waals surface area (Å²) < 4.78 is 0.925. The number of hydrogen-bond acceptors (Lipinski definition) is 6. The van der Waals surface area contributed by atoms with E-state index in [9.17, 15) is 19.5 Å². The molecule has 1 fully saturated rings. The zero-order valence-corrected chi connectivity index (χ0v) is 12.1. The van der Waals surface area contributed by atoms with Gasteiger partial charge in [-0.3, -0.25) is 13.9 Å². The highest BCUT2D eigenvalue weighted by Gasteiger charge is 2.71. The molecule has 1 N–H and O–H groups in total. The molecule has 2 rings (SSSR count). The van der Waals surface area contributed by atoms with Gasteiger partial charge in [0.2, 0.25) is 5.91 Å². The van der Waals surface area contributed by atoms with Gasteiger partial charge in [0.05, 0.1) is 6.07 Å². The normalized spacial score (nSPS) is 27.3. The molecular weight excluding hydrogens is 302 g/mol. The molecule has 2 atom stereocenters. The molecule has 1 saturated heterocycles. The van der Waals surface area contributed by atoms with Crippen molar-refractivity contribution in [3.63, 3.8) is 0 Å². The summed E-state index contributed by atoms with van der Waals surface area (Å²) in [5.74, 6) is -2.12. The van der Waals surface area contributed by atoms with E-state index in [2.05, 4.69) is 0 Å². The Labute approximate surface area is 123 Å².